The second-order valence-corrected chi connectivity index (χ2v) is 14.5. The Hall–Kier alpha value is -3.90. The fourth-order valence-electron chi connectivity index (χ4n) is 7.16. The molecule has 2 unspecified atom stereocenters. The molecule has 0 aromatic carbocycles. The van der Waals surface area contributed by atoms with E-state index in [9.17, 15) is 29.7 Å². The van der Waals surface area contributed by atoms with E-state index in [1.165, 1.54) is 11.8 Å². The number of carboxylic acids is 2. The zero-order chi connectivity index (χ0) is 33.0. The molecule has 4 aliphatic heterocycles. The summed E-state index contributed by atoms with van der Waals surface area (Å²) in [5, 5.41) is 39.3. The summed E-state index contributed by atoms with van der Waals surface area (Å²) in [6.45, 7) is 13.7. The zero-order valence-electron chi connectivity index (χ0n) is 26.4. The van der Waals surface area contributed by atoms with Crippen LogP contribution in [0.1, 0.15) is 69.5 Å². The van der Waals surface area contributed by atoms with E-state index in [4.69, 9.17) is 5.73 Å². The normalized spacial score (nSPS) is 32.4. The molecular weight excluding hydrogens is 594 g/mol. The van der Waals surface area contributed by atoms with Gasteiger partial charge in [-0.1, -0.05) is 19.6 Å². The van der Waals surface area contributed by atoms with Crippen molar-refractivity contribution in [3.8, 4) is 0 Å². The van der Waals surface area contributed by atoms with E-state index in [1.54, 1.807) is 6.08 Å². The van der Waals surface area contributed by atoms with Gasteiger partial charge in [-0.15, -0.1) is 0 Å². The number of aromatic amines is 1. The number of aliphatic hydroxyl groups is 1. The number of H-pyrrole nitrogens is 1. The fraction of sp³-hybridized carbons (Fsp3) is 0.485. The van der Waals surface area contributed by atoms with Crippen molar-refractivity contribution in [2.45, 2.75) is 88.4 Å². The molecule has 11 nitrogen and oxygen atoms in total. The highest BCUT2D eigenvalue weighted by molar-refractivity contribution is 7.89. The number of aliphatic carboxylic acids is 2. The Labute approximate surface area is 267 Å². The molecule has 2 saturated heterocycles. The van der Waals surface area contributed by atoms with Crippen LogP contribution in [-0.4, -0.2) is 59.9 Å². The monoisotopic (exact) mass is 638 g/mol. The van der Waals surface area contributed by atoms with Crippen molar-refractivity contribution in [2.75, 3.05) is 0 Å². The number of allylic oxidation sites excluding steroid dienone is 2. The molecule has 6 atom stereocenters. The summed E-state index contributed by atoms with van der Waals surface area (Å²) in [5.41, 5.74) is 13.0. The van der Waals surface area contributed by atoms with Crippen LogP contribution < -0.4 is 21.7 Å². The maximum atomic E-state index is 12.7. The van der Waals surface area contributed by atoms with Crippen molar-refractivity contribution in [2.24, 2.45) is 17.6 Å². The molecule has 12 heteroatoms. The molecule has 0 saturated carbocycles. The third kappa shape index (κ3) is 5.69. The first-order chi connectivity index (χ1) is 21.1. The number of aliphatic hydroxyl groups excluding tert-OH is 1. The van der Waals surface area contributed by atoms with E-state index in [0.29, 0.717) is 29.5 Å². The Bertz CT molecular complexity index is 1600. The van der Waals surface area contributed by atoms with Crippen LogP contribution in [0, 0.1) is 18.8 Å². The molecule has 5 heterocycles. The molecule has 0 radical (unpaired) electrons. The van der Waals surface area contributed by atoms with Crippen LogP contribution in [0.2, 0.25) is 0 Å². The molecule has 1 aromatic heterocycles. The van der Waals surface area contributed by atoms with Crippen molar-refractivity contribution < 1.29 is 29.7 Å². The van der Waals surface area contributed by atoms with Crippen LogP contribution >= 0.6 is 0 Å². The molecule has 1 spiro atoms. The number of hydrogen-bond donors (Lipinski definition) is 8. The van der Waals surface area contributed by atoms with Gasteiger partial charge in [-0.05, 0) is 86.7 Å². The van der Waals surface area contributed by atoms with Gasteiger partial charge in [0.25, 0.3) is 0 Å². The molecule has 9 N–H and O–H groups in total. The highest BCUT2D eigenvalue weighted by atomic mass is 32.2. The third-order valence-electron chi connectivity index (χ3n) is 10.1. The minimum Gasteiger partial charge on any atom is -0.495 e. The number of hydrogen-bond acceptors (Lipinski definition) is 7. The number of carbonyl (C=O) groups is 3. The lowest BCUT2D eigenvalue weighted by molar-refractivity contribution is -0.138. The second-order valence-electron chi connectivity index (χ2n) is 12.7. The van der Waals surface area contributed by atoms with E-state index in [0.717, 1.165) is 39.2 Å². The van der Waals surface area contributed by atoms with Gasteiger partial charge in [0.2, 0.25) is 10.7 Å². The molecule has 242 valence electrons. The van der Waals surface area contributed by atoms with Crippen LogP contribution in [0.4, 0.5) is 0 Å². The Balaban J connectivity index is 1.54. The van der Waals surface area contributed by atoms with Crippen molar-refractivity contribution >= 4 is 35.7 Å². The first-order valence-electron chi connectivity index (χ1n) is 15.3. The van der Waals surface area contributed by atoms with E-state index in [1.807, 2.05) is 39.8 Å². The third-order valence-corrected chi connectivity index (χ3v) is 12.1. The van der Waals surface area contributed by atoms with E-state index in [2.05, 4.69) is 34.4 Å². The number of nitrogens with one attached hydrogen (secondary N) is 4. The second kappa shape index (κ2) is 11.8. The Morgan fingerprint density at radius 3 is 2.33 bits per heavy atom. The van der Waals surface area contributed by atoms with Gasteiger partial charge in [-0.3, -0.25) is 14.4 Å². The predicted molar refractivity (Wildman–Crippen MR) is 175 cm³/mol. The first-order valence-corrected chi connectivity index (χ1v) is 16.3. The summed E-state index contributed by atoms with van der Waals surface area (Å²) in [4.78, 5) is 39.4. The van der Waals surface area contributed by atoms with Gasteiger partial charge in [0.15, 0.2) is 11.1 Å². The Morgan fingerprint density at radius 2 is 1.76 bits per heavy atom. The van der Waals surface area contributed by atoms with Gasteiger partial charge < -0.3 is 42.0 Å². The number of carbonyl (C=O) groups excluding carboxylic acids is 1. The number of nitrogens with two attached hydrogens (primary N) is 1. The van der Waals surface area contributed by atoms with Crippen LogP contribution in [-0.2, 0) is 39.0 Å². The highest BCUT2D eigenvalue weighted by Crippen LogP contribution is 2.53. The molecule has 5 rings (SSSR count). The van der Waals surface area contributed by atoms with Crippen molar-refractivity contribution in [3.63, 3.8) is 0 Å². The number of carboxylic acid groups (broad SMARTS) is 2. The van der Waals surface area contributed by atoms with E-state index >= 15 is 0 Å². The molecule has 4 aliphatic rings. The lowest BCUT2D eigenvalue weighted by Gasteiger charge is -2.25. The summed E-state index contributed by atoms with van der Waals surface area (Å²) in [6, 6.07) is -0.0928. The Kier molecular flexibility index (Phi) is 8.52. The number of aromatic nitrogens is 1. The largest absolute Gasteiger partial charge is 0.495 e. The van der Waals surface area contributed by atoms with Crippen molar-refractivity contribution in [1.29, 1.82) is 0 Å². The lowest BCUT2D eigenvalue weighted by atomic mass is 9.89. The molecule has 2 fully saturated rings. The minimum atomic E-state index is -1.17. The molecule has 1 amide bonds. The number of rotatable bonds is 11. The molecule has 1 aromatic rings. The first kappa shape index (κ1) is 32.5. The molecule has 0 aliphatic carbocycles. The van der Waals surface area contributed by atoms with Gasteiger partial charge in [0, 0.05) is 53.9 Å². The van der Waals surface area contributed by atoms with E-state index in [-0.39, 0.29) is 53.7 Å². The average Bonchev–Trinajstić information content (AvgIpc) is 3.22. The molecule has 45 heavy (non-hydrogen) atoms. The number of thiol groups is 1. The maximum Gasteiger partial charge on any atom is 0.303 e. The molecular formula is C33H44N5O6S+. The summed E-state index contributed by atoms with van der Waals surface area (Å²) >= 11 is 1.17. The average molecular weight is 639 g/mol. The standard InChI is InChI=1S/C33H43N5O6S/c1-7-20-15(2)24(36-31(20)44)12-23-16(3)21(8-10-28(39)40)25(35-23)13-26-22(9-11-29(41)42)17(4)32(34,38-26)14-27-33(19(6)45-33)18(5)30(43)37-27/h7,13-15,18-19,24,35-36,38,44H,1,8-12,34H2,2-6H3,(H,37,43)(H,39,40)(H,41,42)/p+1/b26-13-,27-14-/t15?,18-,19?,24+,32+,33+/m0/s1. The summed E-state index contributed by atoms with van der Waals surface area (Å²) in [6.07, 6.45) is 6.34. The van der Waals surface area contributed by atoms with Gasteiger partial charge in [0.05, 0.1) is 11.6 Å². The van der Waals surface area contributed by atoms with Crippen LogP contribution in [0.25, 0.3) is 6.08 Å². The lowest BCUT2D eigenvalue weighted by Crippen LogP contribution is -2.49. The summed E-state index contributed by atoms with van der Waals surface area (Å²) in [7, 11) is 0. The Morgan fingerprint density at radius 1 is 1.11 bits per heavy atom. The van der Waals surface area contributed by atoms with Gasteiger partial charge in [-0.2, -0.15) is 0 Å². The predicted octanol–water partition coefficient (Wildman–Crippen LogP) is 2.83. The van der Waals surface area contributed by atoms with Gasteiger partial charge >= 0.3 is 11.9 Å². The number of amides is 1. The topological polar surface area (TPSA) is 190 Å². The SMILES string of the molecule is C=CC1=C(O)N[C@H](Cc2[nH]c(/C=C3\N[C@](N)(/C=C4\NC(=O)[C@H](C)[C@]45[SH+]C5C)C(C)=C3CCC(=O)O)c(CCC(=O)O)c2C)C1C. The summed E-state index contributed by atoms with van der Waals surface area (Å²) in [5.74, 6) is -1.92. The van der Waals surface area contributed by atoms with E-state index < -0.39 is 17.6 Å². The van der Waals surface area contributed by atoms with Crippen LogP contribution in [0.5, 0.6) is 0 Å². The van der Waals surface area contributed by atoms with Gasteiger partial charge in [-0.25, -0.2) is 0 Å². The van der Waals surface area contributed by atoms with Gasteiger partial charge in [0.1, 0.15) is 5.66 Å². The quantitative estimate of drug-likeness (QED) is 0.102. The highest BCUT2D eigenvalue weighted by Gasteiger charge is 2.75. The maximum absolute atomic E-state index is 12.7. The van der Waals surface area contributed by atoms with Crippen LogP contribution in [0.15, 0.2) is 52.7 Å². The minimum absolute atomic E-state index is 0.0146. The zero-order valence-corrected chi connectivity index (χ0v) is 27.3. The smallest absolute Gasteiger partial charge is 0.303 e. The fourth-order valence-corrected chi connectivity index (χ4v) is 8.69. The van der Waals surface area contributed by atoms with Crippen molar-refractivity contribution in [1.82, 2.24) is 20.9 Å². The van der Waals surface area contributed by atoms with Crippen LogP contribution in [0.3, 0.4) is 0 Å². The summed E-state index contributed by atoms with van der Waals surface area (Å²) < 4.78 is -0.297. The molecule has 0 bridgehead atoms. The van der Waals surface area contributed by atoms with Crippen molar-refractivity contribution in [3.05, 3.63) is 75.2 Å².